The van der Waals surface area contributed by atoms with Gasteiger partial charge in [0.1, 0.15) is 12.2 Å². The summed E-state index contributed by atoms with van der Waals surface area (Å²) in [4.78, 5) is 37.7. The summed E-state index contributed by atoms with van der Waals surface area (Å²) in [7, 11) is 0. The van der Waals surface area contributed by atoms with Crippen molar-refractivity contribution in [2.75, 3.05) is 13.1 Å². The van der Waals surface area contributed by atoms with E-state index in [2.05, 4.69) is 10.6 Å². The normalized spacial score (nSPS) is 19.5. The van der Waals surface area contributed by atoms with Crippen molar-refractivity contribution >= 4 is 18.1 Å². The zero-order valence-electron chi connectivity index (χ0n) is 16.9. The van der Waals surface area contributed by atoms with Gasteiger partial charge in [-0.05, 0) is 32.8 Å². The van der Waals surface area contributed by atoms with Crippen molar-refractivity contribution in [3.8, 4) is 0 Å². The molecule has 1 heterocycles. The van der Waals surface area contributed by atoms with Gasteiger partial charge in [0.25, 0.3) is 0 Å². The first-order valence-corrected chi connectivity index (χ1v) is 9.36. The molecule has 1 aromatic rings. The second-order valence-corrected chi connectivity index (χ2v) is 7.82. The van der Waals surface area contributed by atoms with Crippen molar-refractivity contribution < 1.29 is 23.9 Å². The third kappa shape index (κ3) is 7.09. The second-order valence-electron chi connectivity index (χ2n) is 7.82. The maximum atomic E-state index is 12.2. The fraction of sp³-hybridized carbons (Fsp3) is 0.550. The number of nitrogens with one attached hydrogen (secondary N) is 2. The minimum atomic E-state index is -0.642. The van der Waals surface area contributed by atoms with Crippen molar-refractivity contribution in [2.45, 2.75) is 58.4 Å². The Labute approximate surface area is 165 Å². The molecule has 2 rings (SSSR count). The number of amides is 3. The molecule has 28 heavy (non-hydrogen) atoms. The van der Waals surface area contributed by atoms with Gasteiger partial charge in [-0.2, -0.15) is 0 Å². The number of benzene rings is 1. The summed E-state index contributed by atoms with van der Waals surface area (Å²) in [6, 6.07) is 8.52. The highest BCUT2D eigenvalue weighted by Gasteiger charge is 2.34. The second kappa shape index (κ2) is 9.43. The van der Waals surface area contributed by atoms with E-state index in [0.29, 0.717) is 13.0 Å². The molecule has 0 radical (unpaired) electrons. The van der Waals surface area contributed by atoms with Gasteiger partial charge in [-0.1, -0.05) is 30.3 Å². The Kier molecular flexibility index (Phi) is 7.25. The number of hydrogen-bond acceptors (Lipinski definition) is 5. The molecule has 2 atom stereocenters. The molecule has 1 aliphatic heterocycles. The van der Waals surface area contributed by atoms with E-state index >= 15 is 0 Å². The highest BCUT2D eigenvalue weighted by molar-refractivity contribution is 5.74. The summed E-state index contributed by atoms with van der Waals surface area (Å²) < 4.78 is 10.6. The van der Waals surface area contributed by atoms with Gasteiger partial charge in [0.2, 0.25) is 5.91 Å². The smallest absolute Gasteiger partial charge is 0.408 e. The molecule has 0 spiro atoms. The average molecular weight is 391 g/mol. The summed E-state index contributed by atoms with van der Waals surface area (Å²) in [5, 5.41) is 5.56. The van der Waals surface area contributed by atoms with Crippen molar-refractivity contribution in [1.29, 1.82) is 0 Å². The first-order chi connectivity index (χ1) is 13.1. The minimum absolute atomic E-state index is 0.0823. The van der Waals surface area contributed by atoms with E-state index in [1.54, 1.807) is 25.7 Å². The Hall–Kier alpha value is -2.77. The van der Waals surface area contributed by atoms with Crippen LogP contribution in [0.5, 0.6) is 0 Å². The van der Waals surface area contributed by atoms with Gasteiger partial charge < -0.3 is 25.0 Å². The first-order valence-electron chi connectivity index (χ1n) is 9.36. The number of alkyl carbamates (subject to hydrolysis) is 2. The zero-order chi connectivity index (χ0) is 20.7. The van der Waals surface area contributed by atoms with Crippen molar-refractivity contribution in [1.82, 2.24) is 15.5 Å². The molecule has 1 saturated heterocycles. The molecule has 0 saturated carbocycles. The van der Waals surface area contributed by atoms with E-state index in [1.807, 2.05) is 30.3 Å². The molecule has 2 N–H and O–H groups in total. The average Bonchev–Trinajstić information content (AvgIpc) is 2.60. The van der Waals surface area contributed by atoms with Crippen LogP contribution in [0.2, 0.25) is 0 Å². The van der Waals surface area contributed by atoms with Crippen LogP contribution in [-0.4, -0.2) is 53.8 Å². The van der Waals surface area contributed by atoms with Gasteiger partial charge in [-0.15, -0.1) is 0 Å². The van der Waals surface area contributed by atoms with Crippen LogP contribution in [0.1, 0.15) is 39.7 Å². The van der Waals surface area contributed by atoms with E-state index in [0.717, 1.165) is 5.56 Å². The molecular formula is C20H29N3O5. The third-order valence-corrected chi connectivity index (χ3v) is 4.28. The van der Waals surface area contributed by atoms with E-state index in [-0.39, 0.29) is 25.1 Å². The zero-order valence-corrected chi connectivity index (χ0v) is 16.9. The third-order valence-electron chi connectivity index (χ3n) is 4.28. The van der Waals surface area contributed by atoms with Crippen LogP contribution >= 0.6 is 0 Å². The van der Waals surface area contributed by atoms with Crippen molar-refractivity contribution in [3.63, 3.8) is 0 Å². The van der Waals surface area contributed by atoms with Crippen LogP contribution in [0.4, 0.5) is 9.59 Å². The quantitative estimate of drug-likeness (QED) is 0.822. The molecule has 154 valence electrons. The summed E-state index contributed by atoms with van der Waals surface area (Å²) in [6.07, 6.45) is -0.658. The van der Waals surface area contributed by atoms with Crippen LogP contribution in [0.25, 0.3) is 0 Å². The highest BCUT2D eigenvalue weighted by Crippen LogP contribution is 2.14. The van der Waals surface area contributed by atoms with E-state index in [4.69, 9.17) is 9.47 Å². The fourth-order valence-corrected chi connectivity index (χ4v) is 2.93. The number of hydrogen-bond donors (Lipinski definition) is 2. The molecule has 3 amide bonds. The number of piperidine rings is 1. The van der Waals surface area contributed by atoms with Crippen LogP contribution < -0.4 is 10.6 Å². The lowest BCUT2D eigenvalue weighted by Gasteiger charge is -2.38. The van der Waals surface area contributed by atoms with E-state index in [9.17, 15) is 14.4 Å². The molecule has 0 aromatic heterocycles. The first kappa shape index (κ1) is 21.5. The van der Waals surface area contributed by atoms with E-state index in [1.165, 1.54) is 6.92 Å². The Bertz CT molecular complexity index is 687. The molecule has 1 aliphatic rings. The Balaban J connectivity index is 1.95. The van der Waals surface area contributed by atoms with Crippen molar-refractivity contribution in [3.05, 3.63) is 35.9 Å². The molecular weight excluding hydrogens is 362 g/mol. The number of carbonyl (C=O) groups is 3. The standard InChI is InChI=1S/C20H29N3O5/c1-14(24)23-11-10-16(17(12-23)22-19(26)28-20(2,3)4)21-18(25)27-13-15-8-6-5-7-9-15/h5-9,16-17H,10-13H2,1-4H3,(H,21,25)(H,22,26)/t16-,17+/m0/s1. The number of nitrogens with zero attached hydrogens (tertiary/aromatic N) is 1. The molecule has 8 nitrogen and oxygen atoms in total. The summed E-state index contributed by atoms with van der Waals surface area (Å²) in [6.45, 7) is 7.73. The van der Waals surface area contributed by atoms with Gasteiger partial charge in [0.05, 0.1) is 12.1 Å². The summed E-state index contributed by atoms with van der Waals surface area (Å²) >= 11 is 0. The largest absolute Gasteiger partial charge is 0.445 e. The van der Waals surface area contributed by atoms with Crippen LogP contribution in [0.15, 0.2) is 30.3 Å². The molecule has 8 heteroatoms. The lowest BCUT2D eigenvalue weighted by atomic mass is 9.99. The SMILES string of the molecule is CC(=O)N1CC[C@H](NC(=O)OCc2ccccc2)[C@H](NC(=O)OC(C)(C)C)C1. The fourth-order valence-electron chi connectivity index (χ4n) is 2.93. The Morgan fingerprint density at radius 2 is 1.71 bits per heavy atom. The maximum Gasteiger partial charge on any atom is 0.408 e. The van der Waals surface area contributed by atoms with Gasteiger partial charge in [0, 0.05) is 20.0 Å². The topological polar surface area (TPSA) is 97.0 Å². The van der Waals surface area contributed by atoms with E-state index < -0.39 is 23.8 Å². The number of ether oxygens (including phenoxy) is 2. The highest BCUT2D eigenvalue weighted by atomic mass is 16.6. The molecule has 0 bridgehead atoms. The Morgan fingerprint density at radius 3 is 2.32 bits per heavy atom. The van der Waals surface area contributed by atoms with Crippen LogP contribution in [0.3, 0.4) is 0 Å². The minimum Gasteiger partial charge on any atom is -0.445 e. The number of rotatable bonds is 4. The van der Waals surface area contributed by atoms with Gasteiger partial charge in [-0.25, -0.2) is 9.59 Å². The number of carbonyl (C=O) groups excluding carboxylic acids is 3. The molecule has 1 aromatic carbocycles. The lowest BCUT2D eigenvalue weighted by Crippen LogP contribution is -2.61. The van der Waals surface area contributed by atoms with Crippen molar-refractivity contribution in [2.24, 2.45) is 0 Å². The predicted molar refractivity (Wildman–Crippen MR) is 104 cm³/mol. The van der Waals surface area contributed by atoms with Gasteiger partial charge >= 0.3 is 12.2 Å². The molecule has 0 unspecified atom stereocenters. The summed E-state index contributed by atoms with van der Waals surface area (Å²) in [5.41, 5.74) is 0.240. The Morgan fingerprint density at radius 1 is 1.07 bits per heavy atom. The van der Waals surface area contributed by atoms with Gasteiger partial charge in [0.15, 0.2) is 0 Å². The number of likely N-dealkylation sites (tertiary alicyclic amines) is 1. The molecule has 1 fully saturated rings. The predicted octanol–water partition coefficient (Wildman–Crippen LogP) is 2.43. The van der Waals surface area contributed by atoms with Gasteiger partial charge in [-0.3, -0.25) is 4.79 Å². The monoisotopic (exact) mass is 391 g/mol. The van der Waals surface area contributed by atoms with Crippen LogP contribution in [-0.2, 0) is 20.9 Å². The summed E-state index contributed by atoms with van der Waals surface area (Å²) in [5.74, 6) is -0.0823. The molecule has 0 aliphatic carbocycles. The van der Waals surface area contributed by atoms with Crippen LogP contribution in [0, 0.1) is 0 Å². The lowest BCUT2D eigenvalue weighted by molar-refractivity contribution is -0.130. The maximum absolute atomic E-state index is 12.2.